The van der Waals surface area contributed by atoms with Crippen LogP contribution in [0.25, 0.3) is 11.4 Å². The van der Waals surface area contributed by atoms with E-state index < -0.39 is 10.8 Å². The molecule has 0 unspecified atom stereocenters. The van der Waals surface area contributed by atoms with Gasteiger partial charge in [0.1, 0.15) is 5.15 Å². The highest BCUT2D eigenvalue weighted by atomic mass is 35.5. The second kappa shape index (κ2) is 5.33. The van der Waals surface area contributed by atoms with Crippen LogP contribution in [0.4, 0.5) is 0 Å². The van der Waals surface area contributed by atoms with Crippen LogP contribution < -0.4 is 0 Å². The Morgan fingerprint density at radius 2 is 2.24 bits per heavy atom. The lowest BCUT2D eigenvalue weighted by atomic mass is 10.2. The normalized spacial score (nSPS) is 12.4. The predicted octanol–water partition coefficient (Wildman–Crippen LogP) is 2.07. The Bertz CT molecular complexity index is 548. The van der Waals surface area contributed by atoms with Gasteiger partial charge in [-0.2, -0.15) is 0 Å². The molecule has 0 bridgehead atoms. The van der Waals surface area contributed by atoms with Crippen LogP contribution in [0.2, 0.25) is 5.15 Å². The Morgan fingerprint density at radius 3 is 2.88 bits per heavy atom. The summed E-state index contributed by atoms with van der Waals surface area (Å²) in [6.45, 7) is 0. The molecule has 0 spiro atoms. The van der Waals surface area contributed by atoms with E-state index >= 15 is 0 Å². The Labute approximate surface area is 107 Å². The molecule has 2 aromatic rings. The topological polar surface area (TPSA) is 55.7 Å². The van der Waals surface area contributed by atoms with Gasteiger partial charge in [-0.3, -0.25) is 9.19 Å². The summed E-state index contributed by atoms with van der Waals surface area (Å²) in [6, 6.07) is 5.28. The van der Waals surface area contributed by atoms with Crippen LogP contribution in [0, 0.1) is 0 Å². The van der Waals surface area contributed by atoms with Crippen molar-refractivity contribution in [3.8, 4) is 11.4 Å². The summed E-state index contributed by atoms with van der Waals surface area (Å²) in [7, 11) is -0.954. The maximum atomic E-state index is 11.2. The molecule has 4 nitrogen and oxygen atoms in total. The van der Waals surface area contributed by atoms with Crippen molar-refractivity contribution < 1.29 is 4.21 Å². The van der Waals surface area contributed by atoms with E-state index in [0.29, 0.717) is 22.4 Å². The zero-order valence-electron chi connectivity index (χ0n) is 9.13. The van der Waals surface area contributed by atoms with Gasteiger partial charge in [-0.15, -0.1) is 0 Å². The summed E-state index contributed by atoms with van der Waals surface area (Å²) in [4.78, 5) is 12.4. The number of hydrogen-bond acceptors (Lipinski definition) is 4. The zero-order valence-corrected chi connectivity index (χ0v) is 10.7. The Kier molecular flexibility index (Phi) is 3.81. The van der Waals surface area contributed by atoms with E-state index in [1.165, 1.54) is 0 Å². The van der Waals surface area contributed by atoms with Gasteiger partial charge in [-0.1, -0.05) is 11.6 Å². The fourth-order valence-corrected chi connectivity index (χ4v) is 2.14. The first-order valence-corrected chi connectivity index (χ1v) is 6.99. The molecule has 2 heterocycles. The highest BCUT2D eigenvalue weighted by Gasteiger charge is 2.07. The summed E-state index contributed by atoms with van der Waals surface area (Å²) in [5, 5.41) is 0.347. The van der Waals surface area contributed by atoms with Crippen molar-refractivity contribution in [1.82, 2.24) is 15.0 Å². The van der Waals surface area contributed by atoms with Crippen LogP contribution in [-0.2, 0) is 16.6 Å². The maximum Gasteiger partial charge on any atom is 0.162 e. The molecule has 17 heavy (non-hydrogen) atoms. The Balaban J connectivity index is 2.42. The highest BCUT2D eigenvalue weighted by Crippen LogP contribution is 2.17. The average Bonchev–Trinajstić information content (AvgIpc) is 2.28. The van der Waals surface area contributed by atoms with E-state index in [2.05, 4.69) is 15.0 Å². The van der Waals surface area contributed by atoms with Crippen LogP contribution in [0.5, 0.6) is 0 Å². The summed E-state index contributed by atoms with van der Waals surface area (Å²) < 4.78 is 11.2. The van der Waals surface area contributed by atoms with Crippen molar-refractivity contribution in [3.05, 3.63) is 41.4 Å². The zero-order chi connectivity index (χ0) is 12.3. The SMILES string of the molecule is C[S@](=O)Cc1cc(Cl)nc(-c2cccnc2)n1. The molecule has 2 rings (SSSR count). The molecule has 1 atom stereocenters. The van der Waals surface area contributed by atoms with Crippen molar-refractivity contribution in [3.63, 3.8) is 0 Å². The van der Waals surface area contributed by atoms with Gasteiger partial charge in [0.25, 0.3) is 0 Å². The van der Waals surface area contributed by atoms with E-state index in [9.17, 15) is 4.21 Å². The first-order valence-electron chi connectivity index (χ1n) is 4.89. The number of nitrogens with zero attached hydrogens (tertiary/aromatic N) is 3. The molecular weight excluding hydrogens is 258 g/mol. The third-order valence-electron chi connectivity index (χ3n) is 2.02. The van der Waals surface area contributed by atoms with E-state index in [1.54, 1.807) is 30.8 Å². The Morgan fingerprint density at radius 1 is 1.41 bits per heavy atom. The number of rotatable bonds is 3. The molecule has 0 radical (unpaired) electrons. The molecule has 88 valence electrons. The number of aromatic nitrogens is 3. The average molecular weight is 268 g/mol. The molecule has 0 fully saturated rings. The van der Waals surface area contributed by atoms with E-state index in [-0.39, 0.29) is 0 Å². The van der Waals surface area contributed by atoms with Gasteiger partial charge in [0.2, 0.25) is 0 Å². The van der Waals surface area contributed by atoms with Gasteiger partial charge >= 0.3 is 0 Å². The fourth-order valence-electron chi connectivity index (χ4n) is 1.37. The standard InChI is InChI=1S/C11H10ClN3OS/c1-17(16)7-9-5-10(12)15-11(14-9)8-3-2-4-13-6-8/h2-6H,7H2,1H3/t17-/m0/s1. The molecule has 0 aromatic carbocycles. The quantitative estimate of drug-likeness (QED) is 0.799. The molecule has 0 saturated heterocycles. The Hall–Kier alpha value is -1.33. The smallest absolute Gasteiger partial charge is 0.162 e. The van der Waals surface area contributed by atoms with Crippen molar-refractivity contribution in [2.75, 3.05) is 6.26 Å². The lowest BCUT2D eigenvalue weighted by Gasteiger charge is -2.03. The molecule has 0 N–H and O–H groups in total. The van der Waals surface area contributed by atoms with Gasteiger partial charge in [0.15, 0.2) is 5.82 Å². The number of hydrogen-bond donors (Lipinski definition) is 0. The molecule has 0 aliphatic carbocycles. The minimum atomic E-state index is -0.954. The predicted molar refractivity (Wildman–Crippen MR) is 68.0 cm³/mol. The fraction of sp³-hybridized carbons (Fsp3) is 0.182. The molecule has 2 aromatic heterocycles. The molecule has 0 aliphatic rings. The molecule has 0 amide bonds. The molecule has 0 aliphatic heterocycles. The summed E-state index contributed by atoms with van der Waals surface area (Å²) in [5.74, 6) is 0.876. The van der Waals surface area contributed by atoms with Crippen LogP contribution in [0.3, 0.4) is 0 Å². The van der Waals surface area contributed by atoms with Gasteiger partial charge in [-0.05, 0) is 18.2 Å². The van der Waals surface area contributed by atoms with E-state index in [1.807, 2.05) is 6.07 Å². The monoisotopic (exact) mass is 267 g/mol. The molecule has 0 saturated carbocycles. The van der Waals surface area contributed by atoms with Crippen LogP contribution in [-0.4, -0.2) is 25.4 Å². The molecule has 6 heteroatoms. The van der Waals surface area contributed by atoms with Crippen molar-refractivity contribution >= 4 is 22.4 Å². The first kappa shape index (κ1) is 12.1. The first-order chi connectivity index (χ1) is 8.15. The van der Waals surface area contributed by atoms with Crippen molar-refractivity contribution in [1.29, 1.82) is 0 Å². The van der Waals surface area contributed by atoms with E-state index in [4.69, 9.17) is 11.6 Å². The van der Waals surface area contributed by atoms with Gasteiger partial charge in [0, 0.05) is 35.0 Å². The van der Waals surface area contributed by atoms with Gasteiger partial charge in [-0.25, -0.2) is 9.97 Å². The van der Waals surface area contributed by atoms with Gasteiger partial charge < -0.3 is 0 Å². The summed E-state index contributed by atoms with van der Waals surface area (Å²) in [6.07, 6.45) is 4.97. The van der Waals surface area contributed by atoms with Crippen LogP contribution in [0.15, 0.2) is 30.6 Å². The van der Waals surface area contributed by atoms with Crippen molar-refractivity contribution in [2.24, 2.45) is 0 Å². The van der Waals surface area contributed by atoms with Crippen LogP contribution >= 0.6 is 11.6 Å². The summed E-state index contributed by atoms with van der Waals surface area (Å²) >= 11 is 5.91. The highest BCUT2D eigenvalue weighted by molar-refractivity contribution is 7.83. The van der Waals surface area contributed by atoms with Crippen molar-refractivity contribution in [2.45, 2.75) is 5.75 Å². The van der Waals surface area contributed by atoms with E-state index in [0.717, 1.165) is 5.56 Å². The minimum absolute atomic E-state index is 0.347. The third-order valence-corrected chi connectivity index (χ3v) is 2.91. The largest absolute Gasteiger partial charge is 0.264 e. The number of halogens is 1. The summed E-state index contributed by atoms with van der Waals surface area (Å²) in [5.41, 5.74) is 1.46. The second-order valence-electron chi connectivity index (χ2n) is 3.46. The lowest BCUT2D eigenvalue weighted by molar-refractivity contribution is 0.686. The number of pyridine rings is 1. The van der Waals surface area contributed by atoms with Gasteiger partial charge in [0.05, 0.1) is 11.4 Å². The second-order valence-corrected chi connectivity index (χ2v) is 5.29. The lowest BCUT2D eigenvalue weighted by Crippen LogP contribution is -1.99. The third kappa shape index (κ3) is 3.31. The maximum absolute atomic E-state index is 11.2. The van der Waals surface area contributed by atoms with Crippen LogP contribution in [0.1, 0.15) is 5.69 Å². The molecular formula is C11H10ClN3OS. The minimum Gasteiger partial charge on any atom is -0.264 e.